The molecule has 1 aromatic heterocycles. The molecule has 1 aromatic rings. The van der Waals surface area contributed by atoms with E-state index in [4.69, 9.17) is 0 Å². The van der Waals surface area contributed by atoms with E-state index in [2.05, 4.69) is 42.8 Å². The molecule has 1 saturated heterocycles. The number of hydrogen-bond donors (Lipinski definition) is 1. The Bertz CT molecular complexity index is 324. The highest BCUT2D eigenvalue weighted by molar-refractivity contribution is 8.00. The van der Waals surface area contributed by atoms with Crippen molar-refractivity contribution in [2.75, 3.05) is 5.75 Å². The first-order valence-corrected chi connectivity index (χ1v) is 7.31. The smallest absolute Gasteiger partial charge is 0.109 e. The highest BCUT2D eigenvalue weighted by Gasteiger charge is 2.23. The van der Waals surface area contributed by atoms with E-state index < -0.39 is 0 Å². The van der Waals surface area contributed by atoms with E-state index in [-0.39, 0.29) is 0 Å². The van der Waals surface area contributed by atoms with Gasteiger partial charge in [-0.05, 0) is 20.3 Å². The van der Waals surface area contributed by atoms with Crippen LogP contribution in [0, 0.1) is 6.92 Å². The van der Waals surface area contributed by atoms with Crippen molar-refractivity contribution in [3.63, 3.8) is 0 Å². The Morgan fingerprint density at radius 1 is 1.60 bits per heavy atom. The minimum Gasteiger partial charge on any atom is -0.304 e. The summed E-state index contributed by atoms with van der Waals surface area (Å²) in [5.41, 5.74) is 0. The summed E-state index contributed by atoms with van der Waals surface area (Å²) in [5, 5.41) is 5.70. The Morgan fingerprint density at radius 2 is 2.40 bits per heavy atom. The second kappa shape index (κ2) is 4.85. The standard InChI is InChI=1S/C11H18N2S2/c1-7-4-10(6-14-7)13-9(3)11-12-5-8(2)15-11/h5,7,9-10,13H,4,6H2,1-3H3. The predicted octanol–water partition coefficient (Wildman–Crippen LogP) is 3.00. The van der Waals surface area contributed by atoms with Crippen molar-refractivity contribution in [2.45, 2.75) is 44.5 Å². The average molecular weight is 242 g/mol. The molecule has 0 amide bonds. The lowest BCUT2D eigenvalue weighted by Crippen LogP contribution is -2.31. The number of rotatable bonds is 3. The number of nitrogens with zero attached hydrogens (tertiary/aromatic N) is 1. The molecule has 15 heavy (non-hydrogen) atoms. The van der Waals surface area contributed by atoms with E-state index >= 15 is 0 Å². The SMILES string of the molecule is Cc1cnc(C(C)NC2CSC(C)C2)s1. The minimum atomic E-state index is 0.402. The van der Waals surface area contributed by atoms with Gasteiger partial charge in [0.25, 0.3) is 0 Å². The van der Waals surface area contributed by atoms with Crippen molar-refractivity contribution in [1.29, 1.82) is 0 Å². The Kier molecular flexibility index (Phi) is 3.69. The Labute approximate surface area is 99.9 Å². The van der Waals surface area contributed by atoms with E-state index in [1.165, 1.54) is 22.1 Å². The lowest BCUT2D eigenvalue weighted by molar-refractivity contribution is 0.473. The molecule has 0 aromatic carbocycles. The molecule has 3 atom stereocenters. The molecule has 1 aliphatic rings. The fraction of sp³-hybridized carbons (Fsp3) is 0.727. The zero-order chi connectivity index (χ0) is 10.8. The van der Waals surface area contributed by atoms with Gasteiger partial charge in [0, 0.05) is 28.1 Å². The van der Waals surface area contributed by atoms with Gasteiger partial charge in [-0.15, -0.1) is 11.3 Å². The fourth-order valence-electron chi connectivity index (χ4n) is 1.93. The third-order valence-electron chi connectivity index (χ3n) is 2.69. The summed E-state index contributed by atoms with van der Waals surface area (Å²) >= 11 is 3.87. The van der Waals surface area contributed by atoms with Gasteiger partial charge in [0.1, 0.15) is 5.01 Å². The fourth-order valence-corrected chi connectivity index (χ4v) is 3.88. The van der Waals surface area contributed by atoms with Gasteiger partial charge in [-0.25, -0.2) is 4.98 Å². The van der Waals surface area contributed by atoms with Crippen LogP contribution < -0.4 is 5.32 Å². The van der Waals surface area contributed by atoms with Crippen molar-refractivity contribution in [2.24, 2.45) is 0 Å². The van der Waals surface area contributed by atoms with Gasteiger partial charge in [0.05, 0.1) is 6.04 Å². The van der Waals surface area contributed by atoms with Crippen LogP contribution in [0.4, 0.5) is 0 Å². The van der Waals surface area contributed by atoms with Crippen LogP contribution in [0.25, 0.3) is 0 Å². The number of aryl methyl sites for hydroxylation is 1. The van der Waals surface area contributed by atoms with Gasteiger partial charge in [0.2, 0.25) is 0 Å². The maximum atomic E-state index is 4.43. The summed E-state index contributed by atoms with van der Waals surface area (Å²) in [6.45, 7) is 6.64. The summed E-state index contributed by atoms with van der Waals surface area (Å²) in [4.78, 5) is 5.72. The molecule has 0 bridgehead atoms. The Balaban J connectivity index is 1.89. The highest BCUT2D eigenvalue weighted by Crippen LogP contribution is 2.28. The largest absolute Gasteiger partial charge is 0.304 e. The molecule has 3 unspecified atom stereocenters. The molecule has 0 spiro atoms. The highest BCUT2D eigenvalue weighted by atomic mass is 32.2. The molecule has 2 nitrogen and oxygen atoms in total. The molecule has 1 fully saturated rings. The second-order valence-electron chi connectivity index (χ2n) is 4.27. The summed E-state index contributed by atoms with van der Waals surface area (Å²) < 4.78 is 0. The van der Waals surface area contributed by atoms with E-state index in [1.807, 2.05) is 6.20 Å². The first-order chi connectivity index (χ1) is 7.15. The van der Waals surface area contributed by atoms with Gasteiger partial charge in [-0.2, -0.15) is 11.8 Å². The molecule has 4 heteroatoms. The van der Waals surface area contributed by atoms with Crippen LogP contribution in [0.5, 0.6) is 0 Å². The van der Waals surface area contributed by atoms with Gasteiger partial charge >= 0.3 is 0 Å². The minimum absolute atomic E-state index is 0.402. The molecule has 0 radical (unpaired) electrons. The van der Waals surface area contributed by atoms with Crippen LogP contribution in [0.2, 0.25) is 0 Å². The normalized spacial score (nSPS) is 28.2. The van der Waals surface area contributed by atoms with E-state index in [0.717, 1.165) is 5.25 Å². The quantitative estimate of drug-likeness (QED) is 0.882. The predicted molar refractivity (Wildman–Crippen MR) is 68.7 cm³/mol. The number of thioether (sulfide) groups is 1. The summed E-state index contributed by atoms with van der Waals surface area (Å²) in [7, 11) is 0. The third-order valence-corrected chi connectivity index (χ3v) is 5.15. The number of aromatic nitrogens is 1. The average Bonchev–Trinajstić information content (AvgIpc) is 2.75. The van der Waals surface area contributed by atoms with Crippen molar-refractivity contribution in [1.82, 2.24) is 10.3 Å². The van der Waals surface area contributed by atoms with Gasteiger partial charge < -0.3 is 5.32 Å². The first-order valence-electron chi connectivity index (χ1n) is 5.45. The van der Waals surface area contributed by atoms with Crippen molar-refractivity contribution < 1.29 is 0 Å². The molecule has 2 heterocycles. The Morgan fingerprint density at radius 3 is 2.93 bits per heavy atom. The second-order valence-corrected chi connectivity index (χ2v) is 7.01. The first kappa shape index (κ1) is 11.4. The van der Waals surface area contributed by atoms with Gasteiger partial charge in [-0.1, -0.05) is 6.92 Å². The lowest BCUT2D eigenvalue weighted by atomic mass is 10.2. The van der Waals surface area contributed by atoms with E-state index in [9.17, 15) is 0 Å². The van der Waals surface area contributed by atoms with Crippen LogP contribution >= 0.6 is 23.1 Å². The molecule has 84 valence electrons. The summed E-state index contributed by atoms with van der Waals surface area (Å²) in [6.07, 6.45) is 3.25. The van der Waals surface area contributed by atoms with Crippen LogP contribution in [-0.2, 0) is 0 Å². The topological polar surface area (TPSA) is 24.9 Å². The Hall–Kier alpha value is -0.0600. The third kappa shape index (κ3) is 2.95. The molecule has 2 rings (SSSR count). The molecule has 0 saturated carbocycles. The summed E-state index contributed by atoms with van der Waals surface area (Å²) in [6, 6.07) is 1.07. The molecular formula is C11H18N2S2. The van der Waals surface area contributed by atoms with E-state index in [0.29, 0.717) is 12.1 Å². The maximum Gasteiger partial charge on any atom is 0.109 e. The lowest BCUT2D eigenvalue weighted by Gasteiger charge is -2.16. The zero-order valence-corrected chi connectivity index (χ0v) is 11.1. The van der Waals surface area contributed by atoms with Crippen LogP contribution in [0.3, 0.4) is 0 Å². The number of hydrogen-bond acceptors (Lipinski definition) is 4. The van der Waals surface area contributed by atoms with Crippen LogP contribution in [0.15, 0.2) is 6.20 Å². The van der Waals surface area contributed by atoms with E-state index in [1.54, 1.807) is 11.3 Å². The van der Waals surface area contributed by atoms with Crippen LogP contribution in [0.1, 0.15) is 36.2 Å². The zero-order valence-electron chi connectivity index (χ0n) is 9.49. The molecular weight excluding hydrogens is 224 g/mol. The van der Waals surface area contributed by atoms with Crippen molar-refractivity contribution in [3.8, 4) is 0 Å². The summed E-state index contributed by atoms with van der Waals surface area (Å²) in [5.74, 6) is 1.25. The van der Waals surface area contributed by atoms with Crippen molar-refractivity contribution in [3.05, 3.63) is 16.1 Å². The van der Waals surface area contributed by atoms with Gasteiger partial charge in [-0.3, -0.25) is 0 Å². The molecule has 1 N–H and O–H groups in total. The van der Waals surface area contributed by atoms with Gasteiger partial charge in [0.15, 0.2) is 0 Å². The monoisotopic (exact) mass is 242 g/mol. The molecule has 0 aliphatic carbocycles. The number of thiazole rings is 1. The maximum absolute atomic E-state index is 4.43. The van der Waals surface area contributed by atoms with Crippen molar-refractivity contribution >= 4 is 23.1 Å². The molecule has 1 aliphatic heterocycles. The number of nitrogens with one attached hydrogen (secondary N) is 1. The van der Waals surface area contributed by atoms with Crippen LogP contribution in [-0.4, -0.2) is 22.0 Å².